The highest BCUT2D eigenvalue weighted by atomic mass is 32.1. The molecule has 0 saturated carbocycles. The molecule has 2 amide bonds. The molecule has 3 heterocycles. The van der Waals surface area contributed by atoms with Gasteiger partial charge in [0.1, 0.15) is 0 Å². The zero-order valence-electron chi connectivity index (χ0n) is 13.3. The standard InChI is InChI=1S/C16H17N5O3S/c22-14(10-18-15(23)12-5-9-25-11-12)17-6-3-8-21-16(24)20-7-2-1-4-13(20)19-21/h1-2,4-5,7,9,11H,3,6,8,10H2,(H,17,22)(H,18,23). The van der Waals surface area contributed by atoms with Crippen molar-refractivity contribution in [3.05, 3.63) is 57.3 Å². The molecule has 0 fully saturated rings. The normalized spacial score (nSPS) is 10.7. The highest BCUT2D eigenvalue weighted by molar-refractivity contribution is 7.08. The summed E-state index contributed by atoms with van der Waals surface area (Å²) in [5.74, 6) is -0.543. The van der Waals surface area contributed by atoms with Crippen molar-refractivity contribution in [2.75, 3.05) is 13.1 Å². The lowest BCUT2D eigenvalue weighted by Gasteiger charge is -2.06. The molecule has 25 heavy (non-hydrogen) atoms. The summed E-state index contributed by atoms with van der Waals surface area (Å²) in [7, 11) is 0. The Morgan fingerprint density at radius 2 is 2.08 bits per heavy atom. The lowest BCUT2D eigenvalue weighted by Crippen LogP contribution is -2.37. The van der Waals surface area contributed by atoms with Crippen LogP contribution in [0.5, 0.6) is 0 Å². The van der Waals surface area contributed by atoms with Crippen molar-refractivity contribution in [3.63, 3.8) is 0 Å². The van der Waals surface area contributed by atoms with Crippen molar-refractivity contribution in [1.29, 1.82) is 0 Å². The Labute approximate surface area is 147 Å². The molecular weight excluding hydrogens is 342 g/mol. The van der Waals surface area contributed by atoms with Crippen LogP contribution in [0.4, 0.5) is 0 Å². The Balaban J connectivity index is 1.40. The van der Waals surface area contributed by atoms with E-state index in [1.165, 1.54) is 20.4 Å². The SMILES string of the molecule is O=C(CNC(=O)c1ccsc1)NCCCn1nc2ccccn2c1=O. The zero-order valence-corrected chi connectivity index (χ0v) is 14.2. The molecule has 0 aliphatic rings. The number of nitrogens with zero attached hydrogens (tertiary/aromatic N) is 3. The smallest absolute Gasteiger partial charge is 0.350 e. The van der Waals surface area contributed by atoms with Crippen LogP contribution in [0.3, 0.4) is 0 Å². The number of hydrogen-bond donors (Lipinski definition) is 2. The van der Waals surface area contributed by atoms with Crippen molar-refractivity contribution in [2.45, 2.75) is 13.0 Å². The van der Waals surface area contributed by atoms with Crippen molar-refractivity contribution < 1.29 is 9.59 Å². The molecule has 0 saturated heterocycles. The Hall–Kier alpha value is -2.94. The lowest BCUT2D eigenvalue weighted by atomic mass is 10.3. The van der Waals surface area contributed by atoms with E-state index >= 15 is 0 Å². The van der Waals surface area contributed by atoms with Crippen LogP contribution >= 0.6 is 11.3 Å². The first-order valence-electron chi connectivity index (χ1n) is 7.76. The van der Waals surface area contributed by atoms with Gasteiger partial charge in [-0.05, 0) is 30.0 Å². The van der Waals surface area contributed by atoms with E-state index in [4.69, 9.17) is 0 Å². The van der Waals surface area contributed by atoms with E-state index in [0.717, 1.165) is 0 Å². The van der Waals surface area contributed by atoms with Crippen LogP contribution in [0.25, 0.3) is 5.65 Å². The van der Waals surface area contributed by atoms with Crippen LogP contribution in [-0.4, -0.2) is 39.1 Å². The molecule has 0 atom stereocenters. The number of thiophene rings is 1. The number of aryl methyl sites for hydroxylation is 1. The fourth-order valence-electron chi connectivity index (χ4n) is 2.29. The van der Waals surface area contributed by atoms with E-state index in [9.17, 15) is 14.4 Å². The van der Waals surface area contributed by atoms with Gasteiger partial charge < -0.3 is 10.6 Å². The van der Waals surface area contributed by atoms with Gasteiger partial charge >= 0.3 is 5.69 Å². The first kappa shape index (κ1) is 16.9. The van der Waals surface area contributed by atoms with Crippen LogP contribution < -0.4 is 16.3 Å². The molecule has 130 valence electrons. The van der Waals surface area contributed by atoms with Gasteiger partial charge in [0.05, 0.1) is 6.54 Å². The average molecular weight is 359 g/mol. The third-order valence-corrected chi connectivity index (χ3v) is 4.23. The minimum absolute atomic E-state index is 0.0804. The molecule has 9 heteroatoms. The maximum absolute atomic E-state index is 12.1. The summed E-state index contributed by atoms with van der Waals surface area (Å²) in [4.78, 5) is 35.5. The summed E-state index contributed by atoms with van der Waals surface area (Å²) in [6, 6.07) is 7.04. The second-order valence-electron chi connectivity index (χ2n) is 5.33. The number of pyridine rings is 1. The maximum Gasteiger partial charge on any atom is 0.350 e. The number of aromatic nitrogens is 3. The second kappa shape index (κ2) is 7.75. The largest absolute Gasteiger partial charge is 0.355 e. The quantitative estimate of drug-likeness (QED) is 0.600. The van der Waals surface area contributed by atoms with Gasteiger partial charge in [0.25, 0.3) is 5.91 Å². The van der Waals surface area contributed by atoms with E-state index < -0.39 is 0 Å². The Bertz CT molecular complexity index is 929. The molecule has 2 N–H and O–H groups in total. The van der Waals surface area contributed by atoms with E-state index in [-0.39, 0.29) is 24.0 Å². The van der Waals surface area contributed by atoms with E-state index in [2.05, 4.69) is 15.7 Å². The first-order chi connectivity index (χ1) is 12.1. The molecule has 3 aromatic rings. The predicted molar refractivity (Wildman–Crippen MR) is 93.7 cm³/mol. The molecule has 8 nitrogen and oxygen atoms in total. The maximum atomic E-state index is 12.1. The summed E-state index contributed by atoms with van der Waals surface area (Å²) in [6.45, 7) is 0.721. The van der Waals surface area contributed by atoms with E-state index in [1.807, 2.05) is 6.07 Å². The van der Waals surface area contributed by atoms with Gasteiger partial charge in [0.2, 0.25) is 5.91 Å². The minimum atomic E-state index is -0.272. The summed E-state index contributed by atoms with van der Waals surface area (Å²) in [5, 5.41) is 13.0. The predicted octanol–water partition coefficient (Wildman–Crippen LogP) is 0.494. The van der Waals surface area contributed by atoms with Crippen LogP contribution in [0, 0.1) is 0 Å². The van der Waals surface area contributed by atoms with Crippen LogP contribution in [0.15, 0.2) is 46.0 Å². The number of carbonyl (C=O) groups is 2. The molecule has 0 aliphatic heterocycles. The average Bonchev–Trinajstić information content (AvgIpc) is 3.26. The number of nitrogens with one attached hydrogen (secondary N) is 2. The van der Waals surface area contributed by atoms with Crippen molar-refractivity contribution in [2.24, 2.45) is 0 Å². The monoisotopic (exact) mass is 359 g/mol. The van der Waals surface area contributed by atoms with Crippen molar-refractivity contribution >= 4 is 28.8 Å². The van der Waals surface area contributed by atoms with E-state index in [1.54, 1.807) is 35.2 Å². The molecule has 0 spiro atoms. The van der Waals surface area contributed by atoms with Crippen molar-refractivity contribution in [1.82, 2.24) is 24.8 Å². The second-order valence-corrected chi connectivity index (χ2v) is 6.11. The third-order valence-electron chi connectivity index (χ3n) is 3.55. The molecular formula is C16H17N5O3S. The van der Waals surface area contributed by atoms with Gasteiger partial charge in [0.15, 0.2) is 5.65 Å². The van der Waals surface area contributed by atoms with Crippen LogP contribution in [0.1, 0.15) is 16.8 Å². The number of hydrogen-bond acceptors (Lipinski definition) is 5. The minimum Gasteiger partial charge on any atom is -0.355 e. The number of fused-ring (bicyclic) bond motifs is 1. The topological polar surface area (TPSA) is 97.5 Å². The Morgan fingerprint density at radius 3 is 2.84 bits per heavy atom. The highest BCUT2D eigenvalue weighted by Gasteiger charge is 2.08. The Kier molecular flexibility index (Phi) is 5.24. The number of carbonyl (C=O) groups excluding carboxylic acids is 2. The van der Waals surface area contributed by atoms with Gasteiger partial charge in [-0.1, -0.05) is 6.07 Å². The molecule has 0 bridgehead atoms. The molecule has 0 aromatic carbocycles. The van der Waals surface area contributed by atoms with E-state index in [0.29, 0.717) is 30.7 Å². The summed E-state index contributed by atoms with van der Waals surface area (Å²) in [5.41, 5.74) is 0.932. The molecule has 0 unspecified atom stereocenters. The fraction of sp³-hybridized carbons (Fsp3) is 0.250. The Morgan fingerprint density at radius 1 is 1.20 bits per heavy atom. The van der Waals surface area contributed by atoms with Gasteiger partial charge in [-0.15, -0.1) is 5.10 Å². The molecule has 0 radical (unpaired) electrons. The van der Waals surface area contributed by atoms with Gasteiger partial charge in [-0.25, -0.2) is 9.48 Å². The van der Waals surface area contributed by atoms with Gasteiger partial charge in [-0.2, -0.15) is 11.3 Å². The molecule has 0 aliphatic carbocycles. The first-order valence-corrected chi connectivity index (χ1v) is 8.71. The fourth-order valence-corrected chi connectivity index (χ4v) is 2.93. The third kappa shape index (κ3) is 4.13. The van der Waals surface area contributed by atoms with Crippen LogP contribution in [0.2, 0.25) is 0 Å². The molecule has 3 aromatic heterocycles. The number of rotatable bonds is 7. The van der Waals surface area contributed by atoms with Crippen molar-refractivity contribution in [3.8, 4) is 0 Å². The zero-order chi connectivity index (χ0) is 17.6. The summed E-state index contributed by atoms with van der Waals surface area (Å²) >= 11 is 1.42. The highest BCUT2D eigenvalue weighted by Crippen LogP contribution is 2.04. The van der Waals surface area contributed by atoms with Crippen LogP contribution in [-0.2, 0) is 11.3 Å². The number of amides is 2. The lowest BCUT2D eigenvalue weighted by molar-refractivity contribution is -0.120. The summed E-state index contributed by atoms with van der Waals surface area (Å²) < 4.78 is 2.85. The summed E-state index contributed by atoms with van der Waals surface area (Å²) in [6.07, 6.45) is 2.23. The van der Waals surface area contributed by atoms with Gasteiger partial charge in [0, 0.05) is 30.2 Å². The van der Waals surface area contributed by atoms with Gasteiger partial charge in [-0.3, -0.25) is 14.0 Å². The molecule has 3 rings (SSSR count).